The predicted octanol–water partition coefficient (Wildman–Crippen LogP) is 4.39. The van der Waals surface area contributed by atoms with Crippen LogP contribution in [0, 0.1) is 6.92 Å². The van der Waals surface area contributed by atoms with Gasteiger partial charge in [0.15, 0.2) is 0 Å². The third-order valence-corrected chi connectivity index (χ3v) is 4.53. The molecule has 0 saturated carbocycles. The number of aryl methyl sites for hydroxylation is 1. The van der Waals surface area contributed by atoms with Gasteiger partial charge in [0.2, 0.25) is 0 Å². The molecule has 0 saturated heterocycles. The maximum absolute atomic E-state index is 10.4. The van der Waals surface area contributed by atoms with Gasteiger partial charge in [-0.3, -0.25) is 4.90 Å². The van der Waals surface area contributed by atoms with Crippen LogP contribution in [-0.4, -0.2) is 29.3 Å². The fourth-order valence-electron chi connectivity index (χ4n) is 2.70. The van der Waals surface area contributed by atoms with E-state index >= 15 is 0 Å². The molecule has 3 rings (SSSR count). The van der Waals surface area contributed by atoms with Crippen LogP contribution in [0.25, 0.3) is 0 Å². The highest BCUT2D eigenvalue weighted by molar-refractivity contribution is 9.10. The van der Waals surface area contributed by atoms with Gasteiger partial charge in [-0.25, -0.2) is 0 Å². The van der Waals surface area contributed by atoms with Crippen LogP contribution in [0.3, 0.4) is 0 Å². The van der Waals surface area contributed by atoms with Crippen molar-refractivity contribution in [3.63, 3.8) is 0 Å². The van der Waals surface area contributed by atoms with Crippen LogP contribution in [0.2, 0.25) is 0 Å². The van der Waals surface area contributed by atoms with Gasteiger partial charge in [0, 0.05) is 6.54 Å². The van der Waals surface area contributed by atoms with Crippen LogP contribution >= 0.6 is 15.9 Å². The number of ether oxygens (including phenoxy) is 1. The summed E-state index contributed by atoms with van der Waals surface area (Å²) in [6, 6.07) is 15.3. The highest BCUT2D eigenvalue weighted by Crippen LogP contribution is 2.24. The standard InChI is InChI=1S/C20H22BrNO4/c1-15-8-9-18(26-15)13-22(12-17-5-4-10-24-17)11-16(23)14-25-20-7-3-2-6-19(20)21/h2-10,16,23H,11-14H2,1H3. The molecule has 0 radical (unpaired) electrons. The Morgan fingerprint density at radius 3 is 2.58 bits per heavy atom. The van der Waals surface area contributed by atoms with E-state index in [4.69, 9.17) is 13.6 Å². The number of aliphatic hydroxyl groups excluding tert-OH is 1. The van der Waals surface area contributed by atoms with Crippen molar-refractivity contribution in [3.05, 3.63) is 76.5 Å². The minimum absolute atomic E-state index is 0.203. The molecule has 1 atom stereocenters. The Kier molecular flexibility index (Phi) is 6.55. The molecular weight excluding hydrogens is 398 g/mol. The smallest absolute Gasteiger partial charge is 0.133 e. The molecule has 0 fully saturated rings. The molecule has 0 aliphatic carbocycles. The van der Waals surface area contributed by atoms with Crippen LogP contribution < -0.4 is 4.74 Å². The van der Waals surface area contributed by atoms with E-state index in [0.29, 0.717) is 25.4 Å². The molecule has 0 spiro atoms. The molecule has 138 valence electrons. The zero-order chi connectivity index (χ0) is 18.4. The van der Waals surface area contributed by atoms with Crippen LogP contribution in [-0.2, 0) is 13.1 Å². The van der Waals surface area contributed by atoms with Gasteiger partial charge in [-0.1, -0.05) is 12.1 Å². The van der Waals surface area contributed by atoms with Crippen LogP contribution in [0.15, 0.2) is 68.1 Å². The Hall–Kier alpha value is -2.02. The first-order chi connectivity index (χ1) is 12.6. The summed E-state index contributed by atoms with van der Waals surface area (Å²) in [6.07, 6.45) is 1.00. The van der Waals surface area contributed by atoms with Crippen molar-refractivity contribution in [1.82, 2.24) is 4.90 Å². The molecule has 3 aromatic rings. The van der Waals surface area contributed by atoms with Gasteiger partial charge >= 0.3 is 0 Å². The molecule has 2 aromatic heterocycles. The molecule has 2 heterocycles. The lowest BCUT2D eigenvalue weighted by atomic mass is 10.3. The average molecular weight is 420 g/mol. The lowest BCUT2D eigenvalue weighted by Crippen LogP contribution is -2.35. The first-order valence-electron chi connectivity index (χ1n) is 8.45. The van der Waals surface area contributed by atoms with E-state index in [-0.39, 0.29) is 6.61 Å². The Morgan fingerprint density at radius 2 is 1.88 bits per heavy atom. The highest BCUT2D eigenvalue weighted by atomic mass is 79.9. The molecule has 1 aromatic carbocycles. The number of hydrogen-bond donors (Lipinski definition) is 1. The number of rotatable bonds is 9. The molecule has 1 N–H and O–H groups in total. The zero-order valence-electron chi connectivity index (χ0n) is 14.6. The molecule has 5 nitrogen and oxygen atoms in total. The highest BCUT2D eigenvalue weighted by Gasteiger charge is 2.16. The first kappa shape index (κ1) is 18.8. The van der Waals surface area contributed by atoms with Crippen molar-refractivity contribution >= 4 is 15.9 Å². The fourth-order valence-corrected chi connectivity index (χ4v) is 3.10. The maximum atomic E-state index is 10.4. The third kappa shape index (κ3) is 5.49. The second-order valence-corrected chi connectivity index (χ2v) is 7.01. The molecule has 26 heavy (non-hydrogen) atoms. The van der Waals surface area contributed by atoms with Gasteiger partial charge in [-0.15, -0.1) is 0 Å². The van der Waals surface area contributed by atoms with E-state index in [1.807, 2.05) is 55.5 Å². The van der Waals surface area contributed by atoms with Gasteiger partial charge in [0.25, 0.3) is 0 Å². The van der Waals surface area contributed by atoms with Gasteiger partial charge < -0.3 is 18.7 Å². The van der Waals surface area contributed by atoms with Crippen molar-refractivity contribution in [2.24, 2.45) is 0 Å². The zero-order valence-corrected chi connectivity index (χ0v) is 16.2. The van der Waals surface area contributed by atoms with E-state index < -0.39 is 6.10 Å². The number of para-hydroxylation sites is 1. The van der Waals surface area contributed by atoms with Crippen molar-refractivity contribution in [2.45, 2.75) is 26.1 Å². The number of benzene rings is 1. The van der Waals surface area contributed by atoms with E-state index in [0.717, 1.165) is 21.8 Å². The van der Waals surface area contributed by atoms with Crippen molar-refractivity contribution in [2.75, 3.05) is 13.2 Å². The Bertz CT molecular complexity index is 800. The minimum Gasteiger partial charge on any atom is -0.490 e. The number of hydrogen-bond acceptors (Lipinski definition) is 5. The topological polar surface area (TPSA) is 59.0 Å². The fraction of sp³-hybridized carbons (Fsp3) is 0.300. The number of halogens is 1. The Balaban J connectivity index is 1.59. The lowest BCUT2D eigenvalue weighted by molar-refractivity contribution is 0.0577. The van der Waals surface area contributed by atoms with E-state index in [9.17, 15) is 5.11 Å². The molecule has 0 amide bonds. The van der Waals surface area contributed by atoms with Gasteiger partial charge in [-0.2, -0.15) is 0 Å². The number of furan rings is 2. The number of aliphatic hydroxyl groups is 1. The predicted molar refractivity (Wildman–Crippen MR) is 102 cm³/mol. The van der Waals surface area contributed by atoms with E-state index in [2.05, 4.69) is 20.8 Å². The third-order valence-electron chi connectivity index (χ3n) is 3.87. The summed E-state index contributed by atoms with van der Waals surface area (Å²) < 4.78 is 17.7. The molecule has 0 aliphatic rings. The monoisotopic (exact) mass is 419 g/mol. The largest absolute Gasteiger partial charge is 0.490 e. The Morgan fingerprint density at radius 1 is 1.08 bits per heavy atom. The summed E-state index contributed by atoms with van der Waals surface area (Å²) in [5.74, 6) is 3.28. The molecule has 6 heteroatoms. The molecule has 0 aliphatic heterocycles. The summed E-state index contributed by atoms with van der Waals surface area (Å²) in [6.45, 7) is 3.72. The second-order valence-electron chi connectivity index (χ2n) is 6.16. The average Bonchev–Trinajstić information content (AvgIpc) is 3.26. The molecular formula is C20H22BrNO4. The van der Waals surface area contributed by atoms with Crippen molar-refractivity contribution in [1.29, 1.82) is 0 Å². The van der Waals surface area contributed by atoms with Gasteiger partial charge in [0.05, 0.1) is 23.8 Å². The first-order valence-corrected chi connectivity index (χ1v) is 9.25. The molecule has 1 unspecified atom stereocenters. The lowest BCUT2D eigenvalue weighted by Gasteiger charge is -2.23. The van der Waals surface area contributed by atoms with Crippen molar-refractivity contribution < 1.29 is 18.7 Å². The van der Waals surface area contributed by atoms with Crippen molar-refractivity contribution in [3.8, 4) is 5.75 Å². The van der Waals surface area contributed by atoms with Crippen LogP contribution in [0.4, 0.5) is 0 Å². The number of nitrogens with zero attached hydrogens (tertiary/aromatic N) is 1. The summed E-state index contributed by atoms with van der Waals surface area (Å²) in [7, 11) is 0. The summed E-state index contributed by atoms with van der Waals surface area (Å²) in [4.78, 5) is 2.07. The second kappa shape index (κ2) is 9.07. The summed E-state index contributed by atoms with van der Waals surface area (Å²) in [5, 5.41) is 10.4. The minimum atomic E-state index is -0.645. The summed E-state index contributed by atoms with van der Waals surface area (Å²) in [5.41, 5.74) is 0. The van der Waals surface area contributed by atoms with Crippen LogP contribution in [0.1, 0.15) is 17.3 Å². The van der Waals surface area contributed by atoms with Gasteiger partial charge in [0.1, 0.15) is 35.7 Å². The van der Waals surface area contributed by atoms with E-state index in [1.165, 1.54) is 0 Å². The quantitative estimate of drug-likeness (QED) is 0.557. The SMILES string of the molecule is Cc1ccc(CN(Cc2ccco2)CC(O)COc2ccccc2Br)o1. The van der Waals surface area contributed by atoms with Gasteiger partial charge in [-0.05, 0) is 59.3 Å². The van der Waals surface area contributed by atoms with Crippen LogP contribution in [0.5, 0.6) is 5.75 Å². The van der Waals surface area contributed by atoms with E-state index in [1.54, 1.807) is 6.26 Å². The summed E-state index contributed by atoms with van der Waals surface area (Å²) >= 11 is 3.44. The molecule has 0 bridgehead atoms. The Labute approximate surface area is 161 Å². The normalized spacial score (nSPS) is 12.5. The maximum Gasteiger partial charge on any atom is 0.133 e.